The maximum Gasteiger partial charge on any atom is 3.00 e. The van der Waals surface area contributed by atoms with E-state index in [0.717, 1.165) is 22.8 Å². The Kier molecular flexibility index (Phi) is 9.19. The molecule has 0 radical (unpaired) electrons. The van der Waals surface area contributed by atoms with E-state index in [1.807, 2.05) is 24.3 Å². The van der Waals surface area contributed by atoms with Gasteiger partial charge < -0.3 is 19.3 Å². The maximum atomic E-state index is 5.37. The normalized spacial score (nSPS) is 17.8. The van der Waals surface area contributed by atoms with Gasteiger partial charge in [-0.3, -0.25) is 4.98 Å². The van der Waals surface area contributed by atoms with Crippen LogP contribution in [0.2, 0.25) is 0 Å². The van der Waals surface area contributed by atoms with Gasteiger partial charge in [-0.25, -0.2) is 0 Å². The van der Waals surface area contributed by atoms with Gasteiger partial charge in [-0.05, 0) is 53.4 Å². The van der Waals surface area contributed by atoms with Crippen molar-refractivity contribution in [2.45, 2.75) is 51.6 Å². The number of para-hydroxylation sites is 3. The Morgan fingerprint density at radius 2 is 1.44 bits per heavy atom. The number of allylic oxidation sites excluding steroid dienone is 2. The number of benzene rings is 4. The molecular weight excluding hydrogens is 791 g/mol. The van der Waals surface area contributed by atoms with Gasteiger partial charge in [-0.2, -0.15) is 37.0 Å². The molecule has 4 aliphatic rings. The second kappa shape index (κ2) is 13.6. The minimum Gasteiger partial charge on any atom is -0.504 e. The second-order valence-corrected chi connectivity index (χ2v) is 13.8. The summed E-state index contributed by atoms with van der Waals surface area (Å²) in [6.07, 6.45) is 11.3. The molecule has 0 spiro atoms. The fourth-order valence-electron chi connectivity index (χ4n) is 7.79. The van der Waals surface area contributed by atoms with E-state index in [4.69, 9.17) is 4.98 Å². The largest absolute Gasteiger partial charge is 3.00 e. The van der Waals surface area contributed by atoms with Crippen LogP contribution in [0.3, 0.4) is 0 Å². The molecule has 0 N–H and O–H groups in total. The van der Waals surface area contributed by atoms with Crippen molar-refractivity contribution in [3.8, 4) is 22.6 Å². The van der Waals surface area contributed by atoms with Crippen molar-refractivity contribution >= 4 is 22.7 Å². The number of aromatic nitrogens is 2. The van der Waals surface area contributed by atoms with E-state index in [9.17, 15) is 0 Å². The van der Waals surface area contributed by atoms with Gasteiger partial charge in [0.25, 0.3) is 0 Å². The van der Waals surface area contributed by atoms with Gasteiger partial charge in [-0.1, -0.05) is 88.4 Å². The molecule has 0 saturated heterocycles. The first-order chi connectivity index (χ1) is 23.8. The van der Waals surface area contributed by atoms with Crippen LogP contribution in [0.25, 0.3) is 22.6 Å². The summed E-state index contributed by atoms with van der Waals surface area (Å²) in [5.41, 5.74) is 13.5. The molecule has 50 heavy (non-hydrogen) atoms. The van der Waals surface area contributed by atoms with Crippen molar-refractivity contribution < 1.29 is 20.1 Å². The van der Waals surface area contributed by atoms with Crippen molar-refractivity contribution in [1.29, 1.82) is 0 Å². The summed E-state index contributed by atoms with van der Waals surface area (Å²) < 4.78 is 2.35. The fraction of sp³-hybridized carbons (Fsp3) is 0.227. The summed E-state index contributed by atoms with van der Waals surface area (Å²) in [6.45, 7) is 11.2. The molecule has 5 nitrogen and oxygen atoms in total. The van der Waals surface area contributed by atoms with E-state index < -0.39 is 0 Å². The summed E-state index contributed by atoms with van der Waals surface area (Å²) in [5, 5.41) is 0. The Labute approximate surface area is 310 Å². The van der Waals surface area contributed by atoms with Crippen LogP contribution in [0, 0.1) is 18.8 Å². The summed E-state index contributed by atoms with van der Waals surface area (Å²) in [5.74, 6) is 1.92. The van der Waals surface area contributed by atoms with Crippen LogP contribution in [0.5, 0.6) is 0 Å². The van der Waals surface area contributed by atoms with Crippen LogP contribution in [-0.2, 0) is 27.2 Å². The Balaban J connectivity index is 0.000000194. The topological polar surface area (TPSA) is 27.5 Å². The fourth-order valence-corrected chi connectivity index (χ4v) is 7.79. The molecule has 1 aromatic heterocycles. The van der Waals surface area contributed by atoms with E-state index in [2.05, 4.69) is 171 Å². The van der Waals surface area contributed by atoms with Gasteiger partial charge in [0.1, 0.15) is 5.82 Å². The number of nitrogens with zero attached hydrogens (tertiary/aromatic N) is 5. The van der Waals surface area contributed by atoms with Gasteiger partial charge in [0.05, 0.1) is 12.1 Å². The van der Waals surface area contributed by atoms with Crippen LogP contribution in [0.4, 0.5) is 22.7 Å². The van der Waals surface area contributed by atoms with Crippen molar-refractivity contribution in [3.05, 3.63) is 157 Å². The summed E-state index contributed by atoms with van der Waals surface area (Å²) >= 11 is 0. The summed E-state index contributed by atoms with van der Waals surface area (Å²) in [6, 6.07) is 36.6. The molecule has 5 aromatic rings. The Morgan fingerprint density at radius 3 is 2.16 bits per heavy atom. The predicted octanol–water partition coefficient (Wildman–Crippen LogP) is 10.3. The van der Waals surface area contributed by atoms with Gasteiger partial charge in [0.15, 0.2) is 0 Å². The first-order valence-corrected chi connectivity index (χ1v) is 17.3. The molecule has 3 aliphatic heterocycles. The molecule has 0 amide bonds. The smallest absolute Gasteiger partial charge is 0.504 e. The zero-order valence-electron chi connectivity index (χ0n) is 29.4. The molecule has 0 fully saturated rings. The van der Waals surface area contributed by atoms with Gasteiger partial charge >= 0.3 is 20.1 Å². The number of anilines is 4. The monoisotopic (exact) mass is 833 g/mol. The van der Waals surface area contributed by atoms with E-state index in [0.29, 0.717) is 11.8 Å². The number of hydrogen-bond donors (Lipinski definition) is 0. The zero-order chi connectivity index (χ0) is 33.8. The minimum absolute atomic E-state index is 0. The first kappa shape index (κ1) is 33.8. The third kappa shape index (κ3) is 5.55. The molecule has 9 rings (SSSR count). The number of hydrogen-bond acceptors (Lipinski definition) is 4. The molecule has 4 heterocycles. The van der Waals surface area contributed by atoms with Crippen LogP contribution in [0.15, 0.2) is 121 Å². The Morgan fingerprint density at radius 1 is 0.740 bits per heavy atom. The standard InChI is InChI=1S/C30H30N3.C14H12N2.Ir/c1-18(2)21-13-10-14-22(19(3)4)27(21)30-31-28-23-12-7-9-16-25(23)33-24-15-8-6-11-20(24)17-26(33)29(28)32(30)5;1-15-11-16(12-7-3-2-4-8-12)14-10-6-5-9-13(14)15;/h6-11,13-19,24,26H,1-5H3;2-7,9-11H,1H3;/q-1;-2;+3. The number of imidazole rings is 1. The first-order valence-electron chi connectivity index (χ1n) is 17.3. The molecule has 4 aromatic carbocycles. The van der Waals surface area contributed by atoms with Crippen molar-refractivity contribution in [2.24, 2.45) is 7.05 Å². The van der Waals surface area contributed by atoms with Gasteiger partial charge in [0.2, 0.25) is 0 Å². The average Bonchev–Trinajstić information content (AvgIpc) is 3.80. The second-order valence-electron chi connectivity index (χ2n) is 13.8. The minimum atomic E-state index is 0. The third-order valence-corrected chi connectivity index (χ3v) is 10.1. The number of rotatable bonds is 4. The molecule has 1 aliphatic carbocycles. The van der Waals surface area contributed by atoms with Crippen molar-refractivity contribution in [2.75, 3.05) is 21.7 Å². The van der Waals surface area contributed by atoms with E-state index >= 15 is 0 Å². The van der Waals surface area contributed by atoms with Crippen LogP contribution < -0.4 is 14.7 Å². The van der Waals surface area contributed by atoms with E-state index in [1.165, 1.54) is 45.0 Å². The molecular formula is C44H42IrN5. The zero-order valence-corrected chi connectivity index (χ0v) is 31.8. The molecule has 0 saturated carbocycles. The van der Waals surface area contributed by atoms with Crippen molar-refractivity contribution in [1.82, 2.24) is 9.55 Å². The SMILES string of the molecule is CC(C)c1cccc(C(C)C)c1-c1nc2c(n1C)C1C=C3C=CC=CC3N1c1ccc[c-]c1-2.CN1[CH-]N(c2[c-]cccc2)c2ccccc21.[Ir+3]. The maximum absolute atomic E-state index is 5.37. The number of fused-ring (bicyclic) bond motifs is 9. The molecule has 0 bridgehead atoms. The molecule has 252 valence electrons. The van der Waals surface area contributed by atoms with E-state index in [-0.39, 0.29) is 32.2 Å². The Bertz CT molecular complexity index is 2100. The quantitative estimate of drug-likeness (QED) is 0.169. The predicted molar refractivity (Wildman–Crippen MR) is 203 cm³/mol. The van der Waals surface area contributed by atoms with Crippen LogP contribution in [0.1, 0.15) is 62.4 Å². The third-order valence-electron chi connectivity index (χ3n) is 10.1. The Hall–Kier alpha value is -4.64. The molecule has 6 heteroatoms. The van der Waals surface area contributed by atoms with Crippen LogP contribution >= 0.6 is 0 Å². The van der Waals surface area contributed by atoms with Gasteiger partial charge in [-0.15, -0.1) is 35.5 Å². The van der Waals surface area contributed by atoms with Crippen molar-refractivity contribution in [3.63, 3.8) is 0 Å². The van der Waals surface area contributed by atoms with Gasteiger partial charge in [0, 0.05) is 35.4 Å². The van der Waals surface area contributed by atoms with Crippen LogP contribution in [-0.4, -0.2) is 22.6 Å². The summed E-state index contributed by atoms with van der Waals surface area (Å²) in [7, 11) is 4.25. The molecule has 2 atom stereocenters. The molecule has 2 unspecified atom stereocenters. The summed E-state index contributed by atoms with van der Waals surface area (Å²) in [4.78, 5) is 12.2. The van der Waals surface area contributed by atoms with E-state index in [1.54, 1.807) is 0 Å². The average molecular weight is 833 g/mol.